The van der Waals surface area contributed by atoms with Gasteiger partial charge in [-0.15, -0.1) is 0 Å². The number of halogens is 2. The lowest BCUT2D eigenvalue weighted by Crippen LogP contribution is -2.37. The number of nitrogens with one attached hydrogen (secondary N) is 1. The van der Waals surface area contributed by atoms with Crippen molar-refractivity contribution < 1.29 is 9.90 Å². The summed E-state index contributed by atoms with van der Waals surface area (Å²) >= 11 is 11.4. The van der Waals surface area contributed by atoms with Crippen molar-refractivity contribution in [2.75, 3.05) is 5.32 Å². The summed E-state index contributed by atoms with van der Waals surface area (Å²) in [6.45, 7) is 0. The molecule has 1 aromatic heterocycles. The van der Waals surface area contributed by atoms with Gasteiger partial charge in [-0.25, -0.2) is 9.97 Å². The Morgan fingerprint density at radius 2 is 1.95 bits per heavy atom. The number of carbonyl (C=O) groups is 1. The third-order valence-electron chi connectivity index (χ3n) is 2.65. The Bertz CT molecular complexity index is 629. The third kappa shape index (κ3) is 4.56. The van der Waals surface area contributed by atoms with E-state index in [4.69, 9.17) is 28.9 Å². The zero-order chi connectivity index (χ0) is 15.4. The van der Waals surface area contributed by atoms with Crippen LogP contribution in [-0.4, -0.2) is 27.0 Å². The van der Waals surface area contributed by atoms with Gasteiger partial charge in [0.1, 0.15) is 16.7 Å². The molecule has 0 aliphatic heterocycles. The van der Waals surface area contributed by atoms with E-state index >= 15 is 0 Å². The fourth-order valence-corrected chi connectivity index (χ4v) is 2.06. The molecule has 0 saturated heterocycles. The Kier molecular flexibility index (Phi) is 4.95. The second-order valence-corrected chi connectivity index (χ2v) is 5.04. The van der Waals surface area contributed by atoms with Crippen LogP contribution in [0, 0.1) is 0 Å². The molecular formula is C13H12Cl2N4O2. The highest BCUT2D eigenvalue weighted by molar-refractivity contribution is 6.32. The SMILES string of the molecule is N[C@@H](Cc1ccc(O)cc1)C(=O)Nc1cc(Cl)nc(Cl)n1. The van der Waals surface area contributed by atoms with Crippen LogP contribution in [0.3, 0.4) is 0 Å². The molecule has 0 aliphatic carbocycles. The lowest BCUT2D eigenvalue weighted by Gasteiger charge is -2.12. The summed E-state index contributed by atoms with van der Waals surface area (Å²) in [4.78, 5) is 19.5. The number of aromatic nitrogens is 2. The van der Waals surface area contributed by atoms with E-state index in [1.165, 1.54) is 18.2 Å². The van der Waals surface area contributed by atoms with Gasteiger partial charge in [-0.2, -0.15) is 0 Å². The van der Waals surface area contributed by atoms with Gasteiger partial charge in [-0.3, -0.25) is 4.79 Å². The van der Waals surface area contributed by atoms with Gasteiger partial charge in [0.25, 0.3) is 0 Å². The Morgan fingerprint density at radius 1 is 1.29 bits per heavy atom. The van der Waals surface area contributed by atoms with Crippen LogP contribution in [-0.2, 0) is 11.2 Å². The number of phenolic OH excluding ortho intramolecular Hbond substituents is 1. The number of rotatable bonds is 4. The molecule has 4 N–H and O–H groups in total. The highest BCUT2D eigenvalue weighted by Gasteiger charge is 2.15. The summed E-state index contributed by atoms with van der Waals surface area (Å²) in [5.41, 5.74) is 6.66. The normalized spacial score (nSPS) is 12.0. The smallest absolute Gasteiger partial charge is 0.242 e. The van der Waals surface area contributed by atoms with E-state index in [-0.39, 0.29) is 22.0 Å². The van der Waals surface area contributed by atoms with Crippen molar-refractivity contribution in [2.24, 2.45) is 5.73 Å². The van der Waals surface area contributed by atoms with Gasteiger partial charge >= 0.3 is 0 Å². The quantitative estimate of drug-likeness (QED) is 0.589. The van der Waals surface area contributed by atoms with Crippen LogP contribution >= 0.6 is 23.2 Å². The molecule has 110 valence electrons. The average Bonchev–Trinajstić information content (AvgIpc) is 2.40. The maximum absolute atomic E-state index is 12.0. The van der Waals surface area contributed by atoms with Crippen molar-refractivity contribution in [3.63, 3.8) is 0 Å². The molecule has 1 heterocycles. The first kappa shape index (κ1) is 15.5. The lowest BCUT2D eigenvalue weighted by atomic mass is 10.1. The van der Waals surface area contributed by atoms with E-state index < -0.39 is 11.9 Å². The van der Waals surface area contributed by atoms with Crippen molar-refractivity contribution in [2.45, 2.75) is 12.5 Å². The second-order valence-electron chi connectivity index (χ2n) is 4.31. The topological polar surface area (TPSA) is 101 Å². The number of amides is 1. The van der Waals surface area contributed by atoms with Crippen LogP contribution in [0.15, 0.2) is 30.3 Å². The first-order chi connectivity index (χ1) is 9.94. The number of phenols is 1. The molecule has 2 aromatic rings. The molecular weight excluding hydrogens is 315 g/mol. The molecule has 1 atom stereocenters. The number of nitrogens with two attached hydrogens (primary N) is 1. The van der Waals surface area contributed by atoms with Crippen LogP contribution < -0.4 is 11.1 Å². The average molecular weight is 327 g/mol. The Balaban J connectivity index is 2.00. The summed E-state index contributed by atoms with van der Waals surface area (Å²) in [7, 11) is 0. The van der Waals surface area contributed by atoms with Gasteiger partial charge in [-0.1, -0.05) is 23.7 Å². The van der Waals surface area contributed by atoms with Gasteiger partial charge in [0, 0.05) is 6.07 Å². The van der Waals surface area contributed by atoms with Crippen molar-refractivity contribution in [3.8, 4) is 5.75 Å². The molecule has 0 saturated carbocycles. The van der Waals surface area contributed by atoms with E-state index in [9.17, 15) is 9.90 Å². The summed E-state index contributed by atoms with van der Waals surface area (Å²) < 4.78 is 0. The molecule has 0 aliphatic rings. The fourth-order valence-electron chi connectivity index (χ4n) is 1.65. The lowest BCUT2D eigenvalue weighted by molar-refractivity contribution is -0.117. The molecule has 1 aromatic carbocycles. The largest absolute Gasteiger partial charge is 0.508 e. The maximum Gasteiger partial charge on any atom is 0.242 e. The molecule has 0 unspecified atom stereocenters. The second kappa shape index (κ2) is 6.71. The number of aromatic hydroxyl groups is 1. The van der Waals surface area contributed by atoms with Gasteiger partial charge in [0.2, 0.25) is 11.2 Å². The third-order valence-corrected chi connectivity index (χ3v) is 3.01. The number of nitrogens with zero attached hydrogens (tertiary/aromatic N) is 2. The predicted molar refractivity (Wildman–Crippen MR) is 80.5 cm³/mol. The number of benzene rings is 1. The first-order valence-corrected chi connectivity index (χ1v) is 6.74. The fraction of sp³-hybridized carbons (Fsp3) is 0.154. The van der Waals surface area contributed by atoms with Gasteiger partial charge in [-0.05, 0) is 35.7 Å². The molecule has 0 radical (unpaired) electrons. The number of anilines is 1. The highest BCUT2D eigenvalue weighted by Crippen LogP contribution is 2.15. The van der Waals surface area contributed by atoms with Crippen LogP contribution in [0.25, 0.3) is 0 Å². The summed E-state index contributed by atoms with van der Waals surface area (Å²) in [6, 6.07) is 7.05. The minimum absolute atomic E-state index is 0.0649. The maximum atomic E-state index is 12.0. The minimum atomic E-state index is -0.776. The summed E-state index contributed by atoms with van der Waals surface area (Å²) in [6.07, 6.45) is 0.318. The highest BCUT2D eigenvalue weighted by atomic mass is 35.5. The Morgan fingerprint density at radius 3 is 2.57 bits per heavy atom. The van der Waals surface area contributed by atoms with Crippen LogP contribution in [0.1, 0.15) is 5.56 Å². The summed E-state index contributed by atoms with van der Waals surface area (Å²) in [5.74, 6) is -0.0814. The van der Waals surface area contributed by atoms with Crippen LogP contribution in [0.4, 0.5) is 5.82 Å². The van der Waals surface area contributed by atoms with Crippen LogP contribution in [0.5, 0.6) is 5.75 Å². The zero-order valence-electron chi connectivity index (χ0n) is 10.8. The predicted octanol–water partition coefficient (Wildman–Crippen LogP) is 2.00. The van der Waals surface area contributed by atoms with E-state index in [2.05, 4.69) is 15.3 Å². The van der Waals surface area contributed by atoms with Gasteiger partial charge < -0.3 is 16.2 Å². The molecule has 6 nitrogen and oxygen atoms in total. The number of hydrogen-bond acceptors (Lipinski definition) is 5. The molecule has 8 heteroatoms. The number of hydrogen-bond donors (Lipinski definition) is 3. The van der Waals surface area contributed by atoms with Gasteiger partial charge in [0.15, 0.2) is 0 Å². The molecule has 0 bridgehead atoms. The van der Waals surface area contributed by atoms with E-state index in [1.54, 1.807) is 12.1 Å². The van der Waals surface area contributed by atoms with Crippen molar-refractivity contribution in [3.05, 3.63) is 46.3 Å². The summed E-state index contributed by atoms with van der Waals surface area (Å²) in [5, 5.41) is 11.8. The monoisotopic (exact) mass is 326 g/mol. The first-order valence-electron chi connectivity index (χ1n) is 5.98. The van der Waals surface area contributed by atoms with E-state index in [1.807, 2.05) is 0 Å². The molecule has 1 amide bonds. The molecule has 21 heavy (non-hydrogen) atoms. The van der Waals surface area contributed by atoms with Crippen molar-refractivity contribution in [1.82, 2.24) is 9.97 Å². The van der Waals surface area contributed by atoms with E-state index in [0.717, 1.165) is 5.56 Å². The molecule has 0 fully saturated rings. The Labute approximate surface area is 130 Å². The molecule has 2 rings (SSSR count). The zero-order valence-corrected chi connectivity index (χ0v) is 12.3. The van der Waals surface area contributed by atoms with Crippen molar-refractivity contribution in [1.29, 1.82) is 0 Å². The standard InChI is InChI=1S/C13H12Cl2N4O2/c14-10-6-11(19-13(15)17-10)18-12(21)9(16)5-7-1-3-8(20)4-2-7/h1-4,6,9,20H,5,16H2,(H,17,18,19,21)/t9-/m0/s1. The molecule has 0 spiro atoms. The minimum Gasteiger partial charge on any atom is -0.508 e. The van der Waals surface area contributed by atoms with Crippen LogP contribution in [0.2, 0.25) is 10.4 Å². The van der Waals surface area contributed by atoms with E-state index in [0.29, 0.717) is 6.42 Å². The van der Waals surface area contributed by atoms with Crippen molar-refractivity contribution >= 4 is 34.9 Å². The Hall–Kier alpha value is -1.89. The van der Waals surface area contributed by atoms with Gasteiger partial charge in [0.05, 0.1) is 6.04 Å². The number of carbonyl (C=O) groups excluding carboxylic acids is 1.